The van der Waals surface area contributed by atoms with E-state index in [2.05, 4.69) is 4.90 Å². The van der Waals surface area contributed by atoms with Gasteiger partial charge >= 0.3 is 0 Å². The minimum atomic E-state index is -0.0732. The van der Waals surface area contributed by atoms with Gasteiger partial charge in [0.05, 0.1) is 0 Å². The Morgan fingerprint density at radius 2 is 1.69 bits per heavy atom. The van der Waals surface area contributed by atoms with E-state index in [0.29, 0.717) is 0 Å². The maximum Gasteiger partial charge on any atom is 0.159 e. The molecule has 0 amide bonds. The van der Waals surface area contributed by atoms with Crippen LogP contribution >= 0.6 is 0 Å². The molecule has 0 saturated carbocycles. The molecule has 0 heterocycles. The highest BCUT2D eigenvalue weighted by molar-refractivity contribution is 5.55. The van der Waals surface area contributed by atoms with Gasteiger partial charge in [-0.2, -0.15) is 0 Å². The molecule has 0 aliphatic rings. The normalized spacial score (nSPS) is 10.0. The molecule has 0 radical (unpaired) electrons. The van der Waals surface area contributed by atoms with Crippen molar-refractivity contribution in [2.24, 2.45) is 0 Å². The van der Waals surface area contributed by atoms with Gasteiger partial charge in [0.25, 0.3) is 0 Å². The molecule has 0 saturated heterocycles. The first-order valence-corrected chi connectivity index (χ1v) is 4.46. The zero-order valence-electron chi connectivity index (χ0n) is 7.99. The molecule has 0 spiro atoms. The Labute approximate surface area is 78.2 Å². The third-order valence-electron chi connectivity index (χ3n) is 2.09. The van der Waals surface area contributed by atoms with Crippen LogP contribution in [0.5, 0.6) is 11.5 Å². The summed E-state index contributed by atoms with van der Waals surface area (Å²) in [6, 6.07) is 4.87. The van der Waals surface area contributed by atoms with Crippen molar-refractivity contribution in [1.29, 1.82) is 0 Å². The van der Waals surface area contributed by atoms with Crippen molar-refractivity contribution < 1.29 is 10.2 Å². The Morgan fingerprint density at radius 3 is 2.15 bits per heavy atom. The molecule has 0 atom stereocenters. The van der Waals surface area contributed by atoms with Gasteiger partial charge in [-0.3, -0.25) is 0 Å². The number of phenols is 2. The predicted octanol–water partition coefficient (Wildman–Crippen LogP) is 1.94. The Hall–Kier alpha value is -1.38. The zero-order valence-corrected chi connectivity index (χ0v) is 7.99. The molecule has 0 aromatic heterocycles. The molecule has 2 N–H and O–H groups in total. The number of anilines is 1. The largest absolute Gasteiger partial charge is 0.504 e. The van der Waals surface area contributed by atoms with E-state index < -0.39 is 0 Å². The van der Waals surface area contributed by atoms with Crippen molar-refractivity contribution in [3.05, 3.63) is 18.2 Å². The lowest BCUT2D eigenvalue weighted by Crippen LogP contribution is -2.21. The van der Waals surface area contributed by atoms with Crippen molar-refractivity contribution in [1.82, 2.24) is 0 Å². The second kappa shape index (κ2) is 4.03. The van der Waals surface area contributed by atoms with E-state index in [1.165, 1.54) is 6.07 Å². The number of rotatable bonds is 3. The van der Waals surface area contributed by atoms with Crippen LogP contribution in [0.1, 0.15) is 13.8 Å². The van der Waals surface area contributed by atoms with E-state index in [0.717, 1.165) is 18.8 Å². The summed E-state index contributed by atoms with van der Waals surface area (Å²) in [4.78, 5) is 2.10. The SMILES string of the molecule is CCN(CC)c1ccc(O)c(O)c1. The fourth-order valence-corrected chi connectivity index (χ4v) is 1.30. The molecule has 0 fully saturated rings. The van der Waals surface area contributed by atoms with Crippen LogP contribution in [0.4, 0.5) is 5.69 Å². The van der Waals surface area contributed by atoms with E-state index in [1.54, 1.807) is 12.1 Å². The number of hydrogen-bond acceptors (Lipinski definition) is 3. The Morgan fingerprint density at radius 1 is 1.08 bits per heavy atom. The third kappa shape index (κ3) is 2.05. The molecule has 1 rings (SSSR count). The molecule has 1 aromatic carbocycles. The summed E-state index contributed by atoms with van der Waals surface area (Å²) < 4.78 is 0. The first-order valence-electron chi connectivity index (χ1n) is 4.46. The van der Waals surface area contributed by atoms with Gasteiger partial charge in [-0.1, -0.05) is 0 Å². The summed E-state index contributed by atoms with van der Waals surface area (Å²) in [6.07, 6.45) is 0. The molecule has 72 valence electrons. The molecule has 3 heteroatoms. The lowest BCUT2D eigenvalue weighted by atomic mass is 10.2. The van der Waals surface area contributed by atoms with Crippen LogP contribution in [0.3, 0.4) is 0 Å². The van der Waals surface area contributed by atoms with Crippen molar-refractivity contribution in [2.45, 2.75) is 13.8 Å². The Kier molecular flexibility index (Phi) is 3.01. The fraction of sp³-hybridized carbons (Fsp3) is 0.400. The number of phenolic OH excluding ortho intramolecular Hbond substituents is 2. The number of aromatic hydroxyl groups is 2. The quantitative estimate of drug-likeness (QED) is 0.700. The summed E-state index contributed by atoms with van der Waals surface area (Å²) in [7, 11) is 0. The van der Waals surface area contributed by atoms with E-state index in [-0.39, 0.29) is 11.5 Å². The van der Waals surface area contributed by atoms with Crippen molar-refractivity contribution in [2.75, 3.05) is 18.0 Å². The van der Waals surface area contributed by atoms with Gasteiger partial charge in [-0.15, -0.1) is 0 Å². The van der Waals surface area contributed by atoms with Crippen LogP contribution in [0.15, 0.2) is 18.2 Å². The minimum Gasteiger partial charge on any atom is -0.504 e. The maximum absolute atomic E-state index is 9.26. The molecule has 0 aliphatic heterocycles. The second-order valence-corrected chi connectivity index (χ2v) is 2.85. The summed E-state index contributed by atoms with van der Waals surface area (Å²) in [5.41, 5.74) is 0.931. The first kappa shape index (κ1) is 9.71. The van der Waals surface area contributed by atoms with Crippen molar-refractivity contribution in [3.8, 4) is 11.5 Å². The van der Waals surface area contributed by atoms with Gasteiger partial charge in [-0.25, -0.2) is 0 Å². The summed E-state index contributed by atoms with van der Waals surface area (Å²) >= 11 is 0. The highest BCUT2D eigenvalue weighted by Crippen LogP contribution is 2.29. The predicted molar refractivity (Wildman–Crippen MR) is 53.3 cm³/mol. The van der Waals surface area contributed by atoms with Gasteiger partial charge in [0, 0.05) is 24.8 Å². The molecule has 0 aliphatic carbocycles. The average Bonchev–Trinajstić information content (AvgIpc) is 2.13. The number of hydrogen-bond donors (Lipinski definition) is 2. The molecule has 1 aromatic rings. The second-order valence-electron chi connectivity index (χ2n) is 2.85. The topological polar surface area (TPSA) is 43.7 Å². The Balaban J connectivity index is 2.95. The molecule has 3 nitrogen and oxygen atoms in total. The average molecular weight is 181 g/mol. The summed E-state index contributed by atoms with van der Waals surface area (Å²) in [6.45, 7) is 5.88. The lowest BCUT2D eigenvalue weighted by Gasteiger charge is -2.21. The van der Waals surface area contributed by atoms with Crippen LogP contribution in [-0.4, -0.2) is 23.3 Å². The van der Waals surface area contributed by atoms with Crippen LogP contribution in [0.2, 0.25) is 0 Å². The molecular formula is C10H15NO2. The monoisotopic (exact) mass is 181 g/mol. The van der Waals surface area contributed by atoms with Gasteiger partial charge < -0.3 is 15.1 Å². The highest BCUT2D eigenvalue weighted by atomic mass is 16.3. The lowest BCUT2D eigenvalue weighted by molar-refractivity contribution is 0.404. The van der Waals surface area contributed by atoms with Gasteiger partial charge in [-0.05, 0) is 26.0 Å². The first-order chi connectivity index (χ1) is 6.19. The summed E-state index contributed by atoms with van der Waals surface area (Å²) in [5, 5.41) is 18.4. The van der Waals surface area contributed by atoms with Crippen molar-refractivity contribution >= 4 is 5.69 Å². The van der Waals surface area contributed by atoms with Crippen LogP contribution < -0.4 is 4.90 Å². The molecule has 0 bridgehead atoms. The van der Waals surface area contributed by atoms with Gasteiger partial charge in [0.15, 0.2) is 11.5 Å². The zero-order chi connectivity index (χ0) is 9.84. The summed E-state index contributed by atoms with van der Waals surface area (Å²) in [5.74, 6) is -0.139. The fourth-order valence-electron chi connectivity index (χ4n) is 1.30. The third-order valence-corrected chi connectivity index (χ3v) is 2.09. The molecule has 13 heavy (non-hydrogen) atoms. The van der Waals surface area contributed by atoms with E-state index in [1.807, 2.05) is 13.8 Å². The van der Waals surface area contributed by atoms with Crippen LogP contribution in [0, 0.1) is 0 Å². The van der Waals surface area contributed by atoms with Crippen molar-refractivity contribution in [3.63, 3.8) is 0 Å². The number of nitrogens with zero attached hydrogens (tertiary/aromatic N) is 1. The highest BCUT2D eigenvalue weighted by Gasteiger charge is 2.04. The van der Waals surface area contributed by atoms with Gasteiger partial charge in [0.1, 0.15) is 0 Å². The van der Waals surface area contributed by atoms with E-state index in [4.69, 9.17) is 5.11 Å². The maximum atomic E-state index is 9.26. The van der Waals surface area contributed by atoms with E-state index >= 15 is 0 Å². The Bertz CT molecular complexity index is 282. The number of benzene rings is 1. The minimum absolute atomic E-state index is 0.0654. The van der Waals surface area contributed by atoms with Crippen LogP contribution in [-0.2, 0) is 0 Å². The van der Waals surface area contributed by atoms with Gasteiger partial charge in [0.2, 0.25) is 0 Å². The molecule has 0 unspecified atom stereocenters. The smallest absolute Gasteiger partial charge is 0.159 e. The van der Waals surface area contributed by atoms with Crippen LogP contribution in [0.25, 0.3) is 0 Å². The standard InChI is InChI=1S/C10H15NO2/c1-3-11(4-2)8-5-6-9(12)10(13)7-8/h5-7,12-13H,3-4H2,1-2H3. The van der Waals surface area contributed by atoms with E-state index in [9.17, 15) is 5.11 Å². The molecular weight excluding hydrogens is 166 g/mol.